The molecule has 4 rings (SSSR count). The number of ether oxygens (including phenoxy) is 1. The fourth-order valence-electron chi connectivity index (χ4n) is 2.60. The monoisotopic (exact) mass is 320 g/mol. The Balaban J connectivity index is 2.01. The molecule has 0 aliphatic rings. The fraction of sp³-hybridized carbons (Fsp3) is 0.0556. The Hall–Kier alpha value is -3.41. The average Bonchev–Trinajstić information content (AvgIpc) is 2.61. The van der Waals surface area contributed by atoms with Crippen molar-refractivity contribution in [1.29, 1.82) is 0 Å². The summed E-state index contributed by atoms with van der Waals surface area (Å²) in [6.45, 7) is 0. The highest BCUT2D eigenvalue weighted by Gasteiger charge is 2.13. The lowest BCUT2D eigenvalue weighted by Gasteiger charge is -2.05. The molecule has 3 aromatic heterocycles. The number of aromatic nitrogens is 2. The van der Waals surface area contributed by atoms with Gasteiger partial charge in [0.15, 0.2) is 5.39 Å². The molecule has 0 bridgehead atoms. The Bertz CT molecular complexity index is 1170. The molecule has 6 nitrogen and oxygen atoms in total. The summed E-state index contributed by atoms with van der Waals surface area (Å²) in [7, 11) is 1.58. The number of methoxy groups -OCH3 is 1. The highest BCUT2D eigenvalue weighted by Crippen LogP contribution is 2.23. The summed E-state index contributed by atoms with van der Waals surface area (Å²) in [5, 5.41) is -0.0593. The van der Waals surface area contributed by atoms with Gasteiger partial charge in [0.1, 0.15) is 17.2 Å². The Morgan fingerprint density at radius 1 is 1.08 bits per heavy atom. The summed E-state index contributed by atoms with van der Waals surface area (Å²) in [4.78, 5) is 29.2. The maximum Gasteiger partial charge on any atom is 0.351 e. The van der Waals surface area contributed by atoms with Crippen molar-refractivity contribution in [2.45, 2.75) is 0 Å². The van der Waals surface area contributed by atoms with Crippen molar-refractivity contribution in [2.24, 2.45) is 0 Å². The Morgan fingerprint density at radius 2 is 1.88 bits per heavy atom. The molecule has 0 amide bonds. The SMILES string of the molecule is COc1ccc(-c2cc3nc4ccccn4c(=O)c3c(=O)o2)cc1. The zero-order valence-electron chi connectivity index (χ0n) is 12.7. The van der Waals surface area contributed by atoms with Crippen molar-refractivity contribution in [3.05, 3.63) is 75.5 Å². The van der Waals surface area contributed by atoms with E-state index in [1.165, 1.54) is 4.40 Å². The van der Waals surface area contributed by atoms with Gasteiger partial charge in [-0.15, -0.1) is 0 Å². The van der Waals surface area contributed by atoms with E-state index in [0.29, 0.717) is 28.2 Å². The predicted molar refractivity (Wildman–Crippen MR) is 89.5 cm³/mol. The standard InChI is InChI=1S/C18H12N2O4/c1-23-12-7-5-11(6-8-12)14-10-13-16(18(22)24-14)17(21)20-9-3-2-4-15(20)19-13/h2-10H,1H3. The predicted octanol–water partition coefficient (Wildman–Crippen LogP) is 2.48. The summed E-state index contributed by atoms with van der Waals surface area (Å²) in [5.41, 5.74) is 0.346. The van der Waals surface area contributed by atoms with E-state index in [2.05, 4.69) is 4.98 Å². The third kappa shape index (κ3) is 2.16. The van der Waals surface area contributed by atoms with Gasteiger partial charge in [0.2, 0.25) is 0 Å². The van der Waals surface area contributed by atoms with E-state index >= 15 is 0 Å². The molecule has 0 atom stereocenters. The zero-order chi connectivity index (χ0) is 16.7. The largest absolute Gasteiger partial charge is 0.497 e. The number of benzene rings is 1. The minimum Gasteiger partial charge on any atom is -0.497 e. The van der Waals surface area contributed by atoms with Crippen LogP contribution in [0.15, 0.2) is 68.7 Å². The van der Waals surface area contributed by atoms with Crippen LogP contribution in [0.25, 0.3) is 27.9 Å². The smallest absolute Gasteiger partial charge is 0.351 e. The lowest BCUT2D eigenvalue weighted by atomic mass is 10.1. The molecular weight excluding hydrogens is 308 g/mol. The van der Waals surface area contributed by atoms with Crippen LogP contribution < -0.4 is 15.9 Å². The van der Waals surface area contributed by atoms with E-state index in [1.807, 2.05) is 0 Å². The van der Waals surface area contributed by atoms with E-state index in [1.54, 1.807) is 61.8 Å². The van der Waals surface area contributed by atoms with Crippen LogP contribution in [0.2, 0.25) is 0 Å². The van der Waals surface area contributed by atoms with E-state index in [9.17, 15) is 9.59 Å². The Labute approximate surface area is 135 Å². The number of pyridine rings is 1. The molecule has 6 heteroatoms. The number of hydrogen-bond donors (Lipinski definition) is 0. The van der Waals surface area contributed by atoms with Crippen LogP contribution in [0, 0.1) is 0 Å². The minimum atomic E-state index is -0.700. The van der Waals surface area contributed by atoms with Gasteiger partial charge in [-0.2, -0.15) is 0 Å². The molecule has 0 radical (unpaired) electrons. The van der Waals surface area contributed by atoms with Crippen molar-refractivity contribution in [2.75, 3.05) is 7.11 Å². The van der Waals surface area contributed by atoms with Crippen molar-refractivity contribution in [3.8, 4) is 17.1 Å². The first-order chi connectivity index (χ1) is 11.7. The molecule has 1 aromatic carbocycles. The number of rotatable bonds is 2. The highest BCUT2D eigenvalue weighted by atomic mass is 16.5. The molecule has 4 aromatic rings. The van der Waals surface area contributed by atoms with Gasteiger partial charge >= 0.3 is 5.63 Å². The first-order valence-corrected chi connectivity index (χ1v) is 7.27. The quantitative estimate of drug-likeness (QED) is 0.531. The van der Waals surface area contributed by atoms with Crippen LogP contribution in [-0.2, 0) is 0 Å². The Morgan fingerprint density at radius 3 is 2.62 bits per heavy atom. The number of fused-ring (bicyclic) bond motifs is 2. The molecule has 0 saturated carbocycles. The second kappa shape index (κ2) is 5.34. The van der Waals surface area contributed by atoms with E-state index < -0.39 is 11.2 Å². The minimum absolute atomic E-state index is 0.0593. The first-order valence-electron chi connectivity index (χ1n) is 7.27. The molecule has 0 saturated heterocycles. The topological polar surface area (TPSA) is 73.8 Å². The zero-order valence-corrected chi connectivity index (χ0v) is 12.7. The van der Waals surface area contributed by atoms with Gasteiger partial charge in [0.25, 0.3) is 5.56 Å². The van der Waals surface area contributed by atoms with E-state index in [4.69, 9.17) is 9.15 Å². The molecule has 0 unspecified atom stereocenters. The van der Waals surface area contributed by atoms with Crippen LogP contribution in [0.3, 0.4) is 0 Å². The molecule has 0 aliphatic carbocycles. The van der Waals surface area contributed by atoms with E-state index in [0.717, 1.165) is 0 Å². The molecule has 0 aliphatic heterocycles. The normalized spacial score (nSPS) is 11.0. The third-order valence-electron chi connectivity index (χ3n) is 3.81. The molecule has 118 valence electrons. The van der Waals surface area contributed by atoms with Crippen molar-refractivity contribution >= 4 is 16.6 Å². The first kappa shape index (κ1) is 14.2. The van der Waals surface area contributed by atoms with Gasteiger partial charge in [-0.1, -0.05) is 6.07 Å². The van der Waals surface area contributed by atoms with Gasteiger partial charge < -0.3 is 9.15 Å². The van der Waals surface area contributed by atoms with Crippen LogP contribution >= 0.6 is 0 Å². The Kier molecular flexibility index (Phi) is 3.16. The third-order valence-corrected chi connectivity index (χ3v) is 3.81. The summed E-state index contributed by atoms with van der Waals surface area (Å²) in [6.07, 6.45) is 1.57. The summed E-state index contributed by atoms with van der Waals surface area (Å²) < 4.78 is 11.8. The van der Waals surface area contributed by atoms with Crippen LogP contribution in [-0.4, -0.2) is 16.5 Å². The summed E-state index contributed by atoms with van der Waals surface area (Å²) >= 11 is 0. The van der Waals surface area contributed by atoms with E-state index in [-0.39, 0.29) is 5.39 Å². The average molecular weight is 320 g/mol. The van der Waals surface area contributed by atoms with Crippen molar-refractivity contribution in [1.82, 2.24) is 9.38 Å². The molecule has 0 N–H and O–H groups in total. The highest BCUT2D eigenvalue weighted by molar-refractivity contribution is 5.81. The van der Waals surface area contributed by atoms with Gasteiger partial charge in [-0.3, -0.25) is 9.20 Å². The fourth-order valence-corrected chi connectivity index (χ4v) is 2.60. The van der Waals surface area contributed by atoms with Crippen LogP contribution in [0.5, 0.6) is 5.75 Å². The molecule has 0 fully saturated rings. The molecule has 24 heavy (non-hydrogen) atoms. The number of hydrogen-bond acceptors (Lipinski definition) is 5. The van der Waals surface area contributed by atoms with Crippen LogP contribution in [0.4, 0.5) is 0 Å². The number of nitrogens with zero attached hydrogens (tertiary/aromatic N) is 2. The maximum absolute atomic E-state index is 12.5. The van der Waals surface area contributed by atoms with Gasteiger partial charge in [-0.25, -0.2) is 9.78 Å². The van der Waals surface area contributed by atoms with Crippen molar-refractivity contribution < 1.29 is 9.15 Å². The van der Waals surface area contributed by atoms with Crippen molar-refractivity contribution in [3.63, 3.8) is 0 Å². The van der Waals surface area contributed by atoms with Crippen LogP contribution in [0.1, 0.15) is 0 Å². The maximum atomic E-state index is 12.5. The molecular formula is C18H12N2O4. The summed E-state index contributed by atoms with van der Waals surface area (Å²) in [5.74, 6) is 1.05. The lowest BCUT2D eigenvalue weighted by molar-refractivity contribution is 0.415. The summed E-state index contributed by atoms with van der Waals surface area (Å²) in [6, 6.07) is 13.9. The molecule has 0 spiro atoms. The molecule has 3 heterocycles. The van der Waals surface area contributed by atoms with Gasteiger partial charge in [-0.05, 0) is 36.4 Å². The second-order valence-electron chi connectivity index (χ2n) is 5.23. The second-order valence-corrected chi connectivity index (χ2v) is 5.23. The van der Waals surface area contributed by atoms with Gasteiger partial charge in [0, 0.05) is 17.8 Å². The van der Waals surface area contributed by atoms with Gasteiger partial charge in [0.05, 0.1) is 12.6 Å². The lowest BCUT2D eigenvalue weighted by Crippen LogP contribution is -2.21.